The summed E-state index contributed by atoms with van der Waals surface area (Å²) in [6.45, 7) is 0. The SMILES string of the molecule is COc1cc(Cc2cnc(N)nc2N)cc(C#Cc2ccc3c(=O)c(C(=O)O)cn(C45CC6CC(CC(C6)C4)C5)c3c2)c1OC.Cl. The maximum atomic E-state index is 13.3. The van der Waals surface area contributed by atoms with Crippen LogP contribution in [-0.2, 0) is 12.0 Å². The molecule has 2 aromatic heterocycles. The monoisotopic (exact) mass is 641 g/mol. The van der Waals surface area contributed by atoms with E-state index in [2.05, 4.69) is 26.4 Å². The Morgan fingerprint density at radius 1 is 1.04 bits per heavy atom. The molecule has 4 aliphatic carbocycles. The lowest BCUT2D eigenvalue weighted by molar-refractivity contribution is -0.0411. The molecule has 4 saturated carbocycles. The average molecular weight is 642 g/mol. The number of nitrogens with two attached hydrogens (primary N) is 2. The number of hydrogen-bond donors (Lipinski definition) is 3. The number of nitrogen functional groups attached to an aromatic ring is 2. The lowest BCUT2D eigenvalue weighted by atomic mass is 9.53. The van der Waals surface area contributed by atoms with Crippen LogP contribution >= 0.6 is 12.4 Å². The Labute approximate surface area is 272 Å². The average Bonchev–Trinajstić information content (AvgIpc) is 3.00. The zero-order chi connectivity index (χ0) is 31.5. The lowest BCUT2D eigenvalue weighted by Gasteiger charge is -2.57. The number of methoxy groups -OCH3 is 2. The summed E-state index contributed by atoms with van der Waals surface area (Å²) < 4.78 is 13.4. The highest BCUT2D eigenvalue weighted by atomic mass is 35.5. The minimum absolute atomic E-state index is 0. The van der Waals surface area contributed by atoms with Gasteiger partial charge in [-0.25, -0.2) is 9.78 Å². The highest BCUT2D eigenvalue weighted by Crippen LogP contribution is 2.59. The summed E-state index contributed by atoms with van der Waals surface area (Å²) in [5, 5.41) is 10.4. The van der Waals surface area contributed by atoms with Gasteiger partial charge in [-0.15, -0.1) is 12.4 Å². The molecule has 0 amide bonds. The summed E-state index contributed by atoms with van der Waals surface area (Å²) >= 11 is 0. The minimum atomic E-state index is -1.20. The van der Waals surface area contributed by atoms with E-state index >= 15 is 0 Å². The molecule has 11 heteroatoms. The lowest BCUT2D eigenvalue weighted by Crippen LogP contribution is -2.52. The van der Waals surface area contributed by atoms with Crippen molar-refractivity contribution in [3.05, 3.63) is 80.8 Å². The number of carboxylic acids is 1. The summed E-state index contributed by atoms with van der Waals surface area (Å²) in [4.78, 5) is 33.7. The number of benzene rings is 2. The first-order valence-electron chi connectivity index (χ1n) is 15.2. The van der Waals surface area contributed by atoms with Crippen molar-refractivity contribution in [2.45, 2.75) is 50.5 Å². The van der Waals surface area contributed by atoms with Crippen LogP contribution in [-0.4, -0.2) is 39.8 Å². The third-order valence-electron chi connectivity index (χ3n) is 9.94. The highest BCUT2D eigenvalue weighted by molar-refractivity contribution is 5.93. The number of ether oxygens (including phenoxy) is 2. The fraction of sp³-hybridized carbons (Fsp3) is 0.371. The van der Waals surface area contributed by atoms with Crippen molar-refractivity contribution in [1.29, 1.82) is 0 Å². The van der Waals surface area contributed by atoms with E-state index < -0.39 is 11.4 Å². The molecule has 5 N–H and O–H groups in total. The van der Waals surface area contributed by atoms with Gasteiger partial charge in [-0.3, -0.25) is 4.79 Å². The normalized spacial score (nSPS) is 22.5. The van der Waals surface area contributed by atoms with Gasteiger partial charge in [-0.05, 0) is 92.2 Å². The number of pyridine rings is 1. The molecule has 4 aromatic rings. The first-order chi connectivity index (χ1) is 21.7. The Kier molecular flexibility index (Phi) is 8.07. The van der Waals surface area contributed by atoms with Crippen LogP contribution in [0.3, 0.4) is 0 Å². The molecule has 0 unspecified atom stereocenters. The maximum absolute atomic E-state index is 13.3. The number of anilines is 2. The van der Waals surface area contributed by atoms with E-state index in [0.29, 0.717) is 63.6 Å². The Balaban J connectivity index is 0.00000372. The molecular weight excluding hydrogens is 606 g/mol. The van der Waals surface area contributed by atoms with Crippen LogP contribution < -0.4 is 26.4 Å². The van der Waals surface area contributed by atoms with Gasteiger partial charge in [0.2, 0.25) is 11.4 Å². The minimum Gasteiger partial charge on any atom is -0.493 e. The summed E-state index contributed by atoms with van der Waals surface area (Å²) in [7, 11) is 3.13. The first kappa shape index (κ1) is 31.2. The molecular formula is C35H36ClN5O5. The van der Waals surface area contributed by atoms with Crippen LogP contribution in [0, 0.1) is 29.6 Å². The van der Waals surface area contributed by atoms with Gasteiger partial charge in [0.05, 0.1) is 25.3 Å². The van der Waals surface area contributed by atoms with E-state index in [4.69, 9.17) is 20.9 Å². The topological polar surface area (TPSA) is 156 Å². The quantitative estimate of drug-likeness (QED) is 0.246. The van der Waals surface area contributed by atoms with Crippen molar-refractivity contribution >= 4 is 41.0 Å². The molecule has 8 rings (SSSR count). The van der Waals surface area contributed by atoms with E-state index in [1.807, 2.05) is 18.2 Å². The summed E-state index contributed by atoms with van der Waals surface area (Å²) in [5.41, 5.74) is 14.5. The van der Waals surface area contributed by atoms with Crippen molar-refractivity contribution in [3.8, 4) is 23.3 Å². The van der Waals surface area contributed by atoms with Gasteiger partial charge < -0.3 is 30.6 Å². The molecule has 2 heterocycles. The number of aromatic carboxylic acids is 1. The van der Waals surface area contributed by atoms with E-state index in [1.165, 1.54) is 19.3 Å². The number of nitrogens with zero attached hydrogens (tertiary/aromatic N) is 3. The summed E-state index contributed by atoms with van der Waals surface area (Å²) in [6, 6.07) is 9.18. The number of aromatic nitrogens is 3. The summed E-state index contributed by atoms with van der Waals surface area (Å²) in [5.74, 6) is 8.68. The molecule has 0 saturated heterocycles. The van der Waals surface area contributed by atoms with Crippen molar-refractivity contribution in [3.63, 3.8) is 0 Å². The zero-order valence-corrected chi connectivity index (χ0v) is 26.5. The van der Waals surface area contributed by atoms with Crippen LogP contribution in [0.25, 0.3) is 10.9 Å². The van der Waals surface area contributed by atoms with Gasteiger partial charge >= 0.3 is 5.97 Å². The van der Waals surface area contributed by atoms with Gasteiger partial charge in [0, 0.05) is 40.9 Å². The van der Waals surface area contributed by atoms with Crippen LogP contribution in [0.4, 0.5) is 11.8 Å². The largest absolute Gasteiger partial charge is 0.493 e. The van der Waals surface area contributed by atoms with Crippen molar-refractivity contribution in [2.24, 2.45) is 17.8 Å². The molecule has 0 radical (unpaired) electrons. The smallest absolute Gasteiger partial charge is 0.341 e. The number of fused-ring (bicyclic) bond motifs is 1. The fourth-order valence-electron chi connectivity index (χ4n) is 8.45. The Morgan fingerprint density at radius 2 is 1.74 bits per heavy atom. The van der Waals surface area contributed by atoms with Crippen molar-refractivity contribution < 1.29 is 19.4 Å². The molecule has 10 nitrogen and oxygen atoms in total. The predicted molar refractivity (Wildman–Crippen MR) is 178 cm³/mol. The maximum Gasteiger partial charge on any atom is 0.341 e. The molecule has 46 heavy (non-hydrogen) atoms. The Bertz CT molecular complexity index is 1960. The Morgan fingerprint density at radius 3 is 2.35 bits per heavy atom. The predicted octanol–water partition coefficient (Wildman–Crippen LogP) is 5.01. The third-order valence-corrected chi connectivity index (χ3v) is 9.94. The standard InChI is InChI=1S/C35H35N5O5.ClH/c1-44-29-13-20(11-25-17-38-34(37)39-32(25)36)10-24(31(29)45-2)5-3-19-4-6-26-28(12-19)40(18-27(30(26)41)33(42)43)35-14-21-7-22(15-35)9-23(8-21)16-35;/h4,6,10,12-13,17-18,21-23H,7-9,11,14-16H2,1-2H3,(H,42,43)(H4,36,37,38,39);1H. The van der Waals surface area contributed by atoms with Crippen LogP contribution in [0.1, 0.15) is 71.1 Å². The summed E-state index contributed by atoms with van der Waals surface area (Å²) in [6.07, 6.45) is 10.4. The van der Waals surface area contributed by atoms with Gasteiger partial charge in [-0.2, -0.15) is 4.98 Å². The number of halogens is 1. The highest BCUT2D eigenvalue weighted by Gasteiger charge is 2.52. The van der Waals surface area contributed by atoms with Crippen molar-refractivity contribution in [1.82, 2.24) is 14.5 Å². The molecule has 0 spiro atoms. The van der Waals surface area contributed by atoms with Gasteiger partial charge in [0.1, 0.15) is 11.4 Å². The second kappa shape index (κ2) is 11.9. The molecule has 4 aliphatic rings. The number of hydrogen-bond acceptors (Lipinski definition) is 8. The van der Waals surface area contributed by atoms with Crippen LogP contribution in [0.2, 0.25) is 0 Å². The van der Waals surface area contributed by atoms with E-state index in [0.717, 1.165) is 30.3 Å². The van der Waals surface area contributed by atoms with Crippen LogP contribution in [0.5, 0.6) is 11.5 Å². The molecule has 0 atom stereocenters. The second-order valence-electron chi connectivity index (χ2n) is 12.9. The van der Waals surface area contributed by atoms with Gasteiger partial charge in [0.15, 0.2) is 11.5 Å². The van der Waals surface area contributed by atoms with E-state index in [9.17, 15) is 14.7 Å². The van der Waals surface area contributed by atoms with Crippen LogP contribution in [0.15, 0.2) is 47.5 Å². The molecule has 4 fully saturated rings. The molecule has 2 aromatic carbocycles. The van der Waals surface area contributed by atoms with E-state index in [1.54, 1.807) is 38.7 Å². The zero-order valence-electron chi connectivity index (χ0n) is 25.7. The number of carbonyl (C=O) groups is 1. The second-order valence-corrected chi connectivity index (χ2v) is 12.9. The Hall–Kier alpha value is -4.75. The van der Waals surface area contributed by atoms with Crippen molar-refractivity contribution in [2.75, 3.05) is 25.7 Å². The molecule has 4 bridgehead atoms. The first-order valence-corrected chi connectivity index (χ1v) is 15.2. The van der Waals surface area contributed by atoms with E-state index in [-0.39, 0.29) is 29.5 Å². The van der Waals surface area contributed by atoms with Gasteiger partial charge in [0.25, 0.3) is 0 Å². The molecule has 0 aliphatic heterocycles. The van der Waals surface area contributed by atoms with Gasteiger partial charge in [-0.1, -0.05) is 11.8 Å². The number of rotatable bonds is 6. The third kappa shape index (κ3) is 5.39. The number of carboxylic acid groups (broad SMARTS) is 1. The fourth-order valence-corrected chi connectivity index (χ4v) is 8.45. The molecule has 238 valence electrons.